The van der Waals surface area contributed by atoms with Crippen molar-refractivity contribution in [2.45, 2.75) is 19.6 Å². The minimum atomic E-state index is 0.158. The molecule has 0 bridgehead atoms. The van der Waals surface area contributed by atoms with Gasteiger partial charge in [-0.3, -0.25) is 4.90 Å². The molecule has 0 spiro atoms. The van der Waals surface area contributed by atoms with Gasteiger partial charge in [0.1, 0.15) is 23.4 Å². The molecule has 1 aliphatic rings. The van der Waals surface area contributed by atoms with E-state index in [4.69, 9.17) is 9.15 Å². The Kier molecular flexibility index (Phi) is 3.65. The standard InChI is InChI=1S/C16H20N2O2/c1-12-7-8-13(19-12)10-18(2)11-14-9-17-15-5-3-4-6-16(15)20-14/h3-8,14,17H,9-11H2,1-2H3. The average molecular weight is 272 g/mol. The predicted octanol–water partition coefficient (Wildman–Crippen LogP) is 2.89. The quantitative estimate of drug-likeness (QED) is 0.928. The molecule has 0 radical (unpaired) electrons. The molecule has 0 saturated heterocycles. The van der Waals surface area contributed by atoms with Gasteiger partial charge in [0.15, 0.2) is 0 Å². The van der Waals surface area contributed by atoms with Crippen LogP contribution in [0.1, 0.15) is 11.5 Å². The van der Waals surface area contributed by atoms with Crippen molar-refractivity contribution in [2.75, 3.05) is 25.5 Å². The molecule has 1 aromatic heterocycles. The van der Waals surface area contributed by atoms with Gasteiger partial charge in [0.25, 0.3) is 0 Å². The van der Waals surface area contributed by atoms with Crippen LogP contribution in [0.2, 0.25) is 0 Å². The molecule has 1 unspecified atom stereocenters. The van der Waals surface area contributed by atoms with Crippen molar-refractivity contribution in [2.24, 2.45) is 0 Å². The molecule has 0 fully saturated rings. The van der Waals surface area contributed by atoms with E-state index in [9.17, 15) is 0 Å². The van der Waals surface area contributed by atoms with Gasteiger partial charge in [-0.25, -0.2) is 0 Å². The number of furan rings is 1. The van der Waals surface area contributed by atoms with Crippen LogP contribution in [0.5, 0.6) is 5.75 Å². The van der Waals surface area contributed by atoms with Gasteiger partial charge in [0.05, 0.1) is 18.8 Å². The van der Waals surface area contributed by atoms with Crippen molar-refractivity contribution < 1.29 is 9.15 Å². The van der Waals surface area contributed by atoms with Crippen molar-refractivity contribution in [3.8, 4) is 5.75 Å². The second-order valence-electron chi connectivity index (χ2n) is 5.33. The summed E-state index contributed by atoms with van der Waals surface area (Å²) in [5.41, 5.74) is 1.08. The number of para-hydroxylation sites is 2. The zero-order valence-electron chi connectivity index (χ0n) is 11.9. The smallest absolute Gasteiger partial charge is 0.142 e. The maximum absolute atomic E-state index is 6.01. The van der Waals surface area contributed by atoms with Crippen LogP contribution in [-0.2, 0) is 6.54 Å². The second kappa shape index (κ2) is 5.59. The highest BCUT2D eigenvalue weighted by Crippen LogP contribution is 2.28. The van der Waals surface area contributed by atoms with Crippen LogP contribution in [0.3, 0.4) is 0 Å². The van der Waals surface area contributed by atoms with E-state index in [2.05, 4.69) is 17.3 Å². The number of hydrogen-bond donors (Lipinski definition) is 1. The molecule has 1 aliphatic heterocycles. The summed E-state index contributed by atoms with van der Waals surface area (Å²) in [7, 11) is 2.09. The molecule has 0 amide bonds. The molecular weight excluding hydrogens is 252 g/mol. The van der Waals surface area contributed by atoms with Crippen LogP contribution in [0.15, 0.2) is 40.8 Å². The molecule has 2 heterocycles. The van der Waals surface area contributed by atoms with Crippen molar-refractivity contribution in [1.82, 2.24) is 4.90 Å². The number of nitrogens with one attached hydrogen (secondary N) is 1. The van der Waals surface area contributed by atoms with E-state index in [0.717, 1.165) is 42.6 Å². The number of nitrogens with zero attached hydrogens (tertiary/aromatic N) is 1. The fourth-order valence-corrected chi connectivity index (χ4v) is 2.51. The van der Waals surface area contributed by atoms with E-state index in [1.165, 1.54) is 0 Å². The highest BCUT2D eigenvalue weighted by atomic mass is 16.5. The molecule has 106 valence electrons. The van der Waals surface area contributed by atoms with Gasteiger partial charge < -0.3 is 14.5 Å². The molecule has 0 aliphatic carbocycles. The minimum Gasteiger partial charge on any atom is -0.485 e. The van der Waals surface area contributed by atoms with Gasteiger partial charge in [-0.2, -0.15) is 0 Å². The number of likely N-dealkylation sites (N-methyl/N-ethyl adjacent to an activating group) is 1. The minimum absolute atomic E-state index is 0.158. The summed E-state index contributed by atoms with van der Waals surface area (Å²) in [4.78, 5) is 2.22. The number of rotatable bonds is 4. The Morgan fingerprint density at radius 2 is 2.10 bits per heavy atom. The van der Waals surface area contributed by atoms with Crippen molar-refractivity contribution in [3.05, 3.63) is 47.9 Å². The van der Waals surface area contributed by atoms with Gasteiger partial charge in [-0.05, 0) is 38.2 Å². The predicted molar refractivity (Wildman–Crippen MR) is 79.1 cm³/mol. The topological polar surface area (TPSA) is 37.6 Å². The van der Waals surface area contributed by atoms with Gasteiger partial charge in [0.2, 0.25) is 0 Å². The maximum atomic E-state index is 6.01. The molecule has 4 nitrogen and oxygen atoms in total. The van der Waals surface area contributed by atoms with Crippen LogP contribution >= 0.6 is 0 Å². The van der Waals surface area contributed by atoms with E-state index in [1.807, 2.05) is 43.3 Å². The Hall–Kier alpha value is -1.94. The average Bonchev–Trinajstić information content (AvgIpc) is 2.83. The van der Waals surface area contributed by atoms with Crippen LogP contribution in [0.4, 0.5) is 5.69 Å². The third kappa shape index (κ3) is 2.96. The summed E-state index contributed by atoms with van der Waals surface area (Å²) in [5.74, 6) is 2.89. The van der Waals surface area contributed by atoms with Gasteiger partial charge >= 0.3 is 0 Å². The second-order valence-corrected chi connectivity index (χ2v) is 5.33. The highest BCUT2D eigenvalue weighted by molar-refractivity contribution is 5.57. The fourth-order valence-electron chi connectivity index (χ4n) is 2.51. The Labute approximate surface area is 119 Å². The Bertz CT molecular complexity index is 579. The van der Waals surface area contributed by atoms with Gasteiger partial charge in [-0.1, -0.05) is 12.1 Å². The lowest BCUT2D eigenvalue weighted by molar-refractivity contribution is 0.143. The highest BCUT2D eigenvalue weighted by Gasteiger charge is 2.20. The lowest BCUT2D eigenvalue weighted by atomic mass is 10.2. The Morgan fingerprint density at radius 3 is 2.90 bits per heavy atom. The Morgan fingerprint density at radius 1 is 1.25 bits per heavy atom. The summed E-state index contributed by atoms with van der Waals surface area (Å²) in [6.07, 6.45) is 0.158. The summed E-state index contributed by atoms with van der Waals surface area (Å²) in [6, 6.07) is 12.1. The van der Waals surface area contributed by atoms with Crippen molar-refractivity contribution in [1.29, 1.82) is 0 Å². The number of fused-ring (bicyclic) bond motifs is 1. The summed E-state index contributed by atoms with van der Waals surface area (Å²) >= 11 is 0. The monoisotopic (exact) mass is 272 g/mol. The molecular formula is C16H20N2O2. The summed E-state index contributed by atoms with van der Waals surface area (Å²) in [6.45, 7) is 4.46. The van der Waals surface area contributed by atoms with Gasteiger partial charge in [0, 0.05) is 6.54 Å². The van der Waals surface area contributed by atoms with E-state index >= 15 is 0 Å². The SMILES string of the molecule is Cc1ccc(CN(C)CC2CNc3ccccc3O2)o1. The normalized spacial score (nSPS) is 17.4. The third-order valence-electron chi connectivity index (χ3n) is 3.44. The van der Waals surface area contributed by atoms with Gasteiger partial charge in [-0.15, -0.1) is 0 Å². The van der Waals surface area contributed by atoms with Crippen LogP contribution in [0.25, 0.3) is 0 Å². The summed E-state index contributed by atoms with van der Waals surface area (Å²) in [5, 5.41) is 3.41. The summed E-state index contributed by atoms with van der Waals surface area (Å²) < 4.78 is 11.6. The molecule has 3 rings (SSSR count). The lowest BCUT2D eigenvalue weighted by Gasteiger charge is -2.30. The molecule has 2 aromatic rings. The fraction of sp³-hybridized carbons (Fsp3) is 0.375. The molecule has 0 saturated carbocycles. The number of aryl methyl sites for hydroxylation is 1. The first-order valence-corrected chi connectivity index (χ1v) is 6.94. The number of anilines is 1. The van der Waals surface area contributed by atoms with E-state index < -0.39 is 0 Å². The number of hydrogen-bond acceptors (Lipinski definition) is 4. The first-order chi connectivity index (χ1) is 9.70. The van der Waals surface area contributed by atoms with E-state index in [0.29, 0.717) is 0 Å². The molecule has 1 N–H and O–H groups in total. The molecule has 4 heteroatoms. The first kappa shape index (κ1) is 13.1. The number of ether oxygens (including phenoxy) is 1. The molecule has 20 heavy (non-hydrogen) atoms. The molecule has 1 atom stereocenters. The first-order valence-electron chi connectivity index (χ1n) is 6.94. The van der Waals surface area contributed by atoms with Crippen molar-refractivity contribution >= 4 is 5.69 Å². The maximum Gasteiger partial charge on any atom is 0.142 e. The largest absolute Gasteiger partial charge is 0.485 e. The lowest BCUT2D eigenvalue weighted by Crippen LogP contribution is -2.40. The van der Waals surface area contributed by atoms with Crippen LogP contribution in [0, 0.1) is 6.92 Å². The van der Waals surface area contributed by atoms with Crippen molar-refractivity contribution in [3.63, 3.8) is 0 Å². The zero-order valence-corrected chi connectivity index (χ0v) is 11.9. The van der Waals surface area contributed by atoms with Crippen LogP contribution in [-0.4, -0.2) is 31.1 Å². The third-order valence-corrected chi connectivity index (χ3v) is 3.44. The Balaban J connectivity index is 1.56. The van der Waals surface area contributed by atoms with E-state index in [1.54, 1.807) is 0 Å². The van der Waals surface area contributed by atoms with E-state index in [-0.39, 0.29) is 6.10 Å². The molecule has 1 aromatic carbocycles. The zero-order chi connectivity index (χ0) is 13.9. The van der Waals surface area contributed by atoms with Crippen LogP contribution < -0.4 is 10.1 Å². The number of benzene rings is 1.